The SMILES string of the molecule is CC.CC.NC(=O)c1cc2c(cc1N)oc1ccccc12. The van der Waals surface area contributed by atoms with Gasteiger partial charge in [0.25, 0.3) is 5.91 Å². The monoisotopic (exact) mass is 286 g/mol. The van der Waals surface area contributed by atoms with Crippen LogP contribution < -0.4 is 11.5 Å². The molecule has 0 saturated heterocycles. The number of hydrogen-bond acceptors (Lipinski definition) is 3. The zero-order valence-electron chi connectivity index (χ0n) is 12.9. The minimum atomic E-state index is -0.533. The average molecular weight is 286 g/mol. The standard InChI is InChI=1S/C13H10N2O2.2C2H6/c14-10-6-12-8(5-9(10)13(15)16)7-3-1-2-4-11(7)17-12;2*1-2/h1-6H,14H2,(H2,15,16);2*1-2H3. The minimum absolute atomic E-state index is 0.323. The Morgan fingerprint density at radius 2 is 1.57 bits per heavy atom. The van der Waals surface area contributed by atoms with Gasteiger partial charge in [0.1, 0.15) is 11.2 Å². The van der Waals surface area contributed by atoms with Crippen LogP contribution in [-0.4, -0.2) is 5.91 Å². The number of benzene rings is 2. The van der Waals surface area contributed by atoms with Gasteiger partial charge in [0.2, 0.25) is 0 Å². The van der Waals surface area contributed by atoms with Gasteiger partial charge in [-0.2, -0.15) is 0 Å². The van der Waals surface area contributed by atoms with Crippen molar-refractivity contribution in [1.29, 1.82) is 0 Å². The number of rotatable bonds is 1. The van der Waals surface area contributed by atoms with Gasteiger partial charge in [0, 0.05) is 22.5 Å². The number of furan rings is 1. The first-order valence-corrected chi connectivity index (χ1v) is 7.17. The number of amides is 1. The molecule has 0 aliphatic rings. The lowest BCUT2D eigenvalue weighted by Crippen LogP contribution is -2.13. The van der Waals surface area contributed by atoms with Gasteiger partial charge >= 0.3 is 0 Å². The maximum Gasteiger partial charge on any atom is 0.250 e. The lowest BCUT2D eigenvalue weighted by molar-refractivity contribution is 0.100. The van der Waals surface area contributed by atoms with Gasteiger partial charge in [-0.3, -0.25) is 4.79 Å². The van der Waals surface area contributed by atoms with Crippen LogP contribution in [-0.2, 0) is 0 Å². The number of primary amides is 1. The Morgan fingerprint density at radius 3 is 2.19 bits per heavy atom. The largest absolute Gasteiger partial charge is 0.456 e. The number of anilines is 1. The summed E-state index contributed by atoms with van der Waals surface area (Å²) in [5, 5.41) is 1.80. The van der Waals surface area contributed by atoms with Gasteiger partial charge in [-0.05, 0) is 12.1 Å². The highest BCUT2D eigenvalue weighted by atomic mass is 16.3. The van der Waals surface area contributed by atoms with Crippen molar-refractivity contribution in [3.05, 3.63) is 42.0 Å². The second-order valence-electron chi connectivity index (χ2n) is 3.90. The number of para-hydroxylation sites is 1. The lowest BCUT2D eigenvalue weighted by Gasteiger charge is -2.00. The number of nitrogen functional groups attached to an aromatic ring is 1. The van der Waals surface area contributed by atoms with E-state index in [9.17, 15) is 4.79 Å². The van der Waals surface area contributed by atoms with Gasteiger partial charge < -0.3 is 15.9 Å². The van der Waals surface area contributed by atoms with Crippen molar-refractivity contribution in [1.82, 2.24) is 0 Å². The first-order valence-electron chi connectivity index (χ1n) is 7.17. The van der Waals surface area contributed by atoms with Crippen LogP contribution in [0.1, 0.15) is 38.1 Å². The van der Waals surface area contributed by atoms with Gasteiger partial charge in [0.15, 0.2) is 0 Å². The third-order valence-corrected chi connectivity index (χ3v) is 2.81. The average Bonchev–Trinajstić information content (AvgIpc) is 2.87. The molecule has 1 heterocycles. The summed E-state index contributed by atoms with van der Waals surface area (Å²) in [6.45, 7) is 8.00. The zero-order chi connectivity index (χ0) is 16.0. The Labute approximate surface area is 124 Å². The molecular weight excluding hydrogens is 264 g/mol. The molecule has 3 rings (SSSR count). The molecule has 0 radical (unpaired) electrons. The molecule has 1 aromatic heterocycles. The maximum absolute atomic E-state index is 11.2. The molecule has 0 bridgehead atoms. The quantitative estimate of drug-likeness (QED) is 0.653. The summed E-state index contributed by atoms with van der Waals surface area (Å²) in [7, 11) is 0. The van der Waals surface area contributed by atoms with Crippen LogP contribution in [0.5, 0.6) is 0 Å². The molecule has 0 saturated carbocycles. The number of carbonyl (C=O) groups is 1. The van der Waals surface area contributed by atoms with Crippen LogP contribution in [0.3, 0.4) is 0 Å². The van der Waals surface area contributed by atoms with E-state index in [1.165, 1.54) is 0 Å². The normalized spacial score (nSPS) is 9.52. The zero-order valence-corrected chi connectivity index (χ0v) is 12.9. The van der Waals surface area contributed by atoms with E-state index in [0.717, 1.165) is 16.4 Å². The molecular formula is C17H22N2O2. The molecule has 0 atom stereocenters. The Bertz CT molecular complexity index is 745. The van der Waals surface area contributed by atoms with E-state index in [2.05, 4.69) is 0 Å². The number of hydrogen-bond donors (Lipinski definition) is 2. The second-order valence-corrected chi connectivity index (χ2v) is 3.90. The summed E-state index contributed by atoms with van der Waals surface area (Å²) >= 11 is 0. The fourth-order valence-corrected chi connectivity index (χ4v) is 2.00. The molecule has 112 valence electrons. The second kappa shape index (κ2) is 7.33. The van der Waals surface area contributed by atoms with E-state index < -0.39 is 5.91 Å². The molecule has 4 heteroatoms. The predicted octanol–water partition coefficient (Wildman–Crippen LogP) is 4.32. The Morgan fingerprint density at radius 1 is 0.952 bits per heavy atom. The molecule has 0 aliphatic carbocycles. The van der Waals surface area contributed by atoms with Crippen molar-refractivity contribution in [3.63, 3.8) is 0 Å². The van der Waals surface area contributed by atoms with Crippen LogP contribution >= 0.6 is 0 Å². The molecule has 1 amide bonds. The van der Waals surface area contributed by atoms with Crippen molar-refractivity contribution in [2.24, 2.45) is 5.73 Å². The molecule has 2 aromatic carbocycles. The summed E-state index contributed by atoms with van der Waals surface area (Å²) in [5.41, 5.74) is 13.1. The summed E-state index contributed by atoms with van der Waals surface area (Å²) in [5.74, 6) is -0.533. The molecule has 21 heavy (non-hydrogen) atoms. The highest BCUT2D eigenvalue weighted by Crippen LogP contribution is 2.31. The highest BCUT2D eigenvalue weighted by Gasteiger charge is 2.12. The van der Waals surface area contributed by atoms with Gasteiger partial charge in [0.05, 0.1) is 5.56 Å². The predicted molar refractivity (Wildman–Crippen MR) is 89.3 cm³/mol. The first kappa shape index (κ1) is 16.6. The van der Waals surface area contributed by atoms with Crippen molar-refractivity contribution in [2.45, 2.75) is 27.7 Å². The van der Waals surface area contributed by atoms with Crippen molar-refractivity contribution < 1.29 is 9.21 Å². The van der Waals surface area contributed by atoms with E-state index in [4.69, 9.17) is 15.9 Å². The van der Waals surface area contributed by atoms with E-state index in [1.807, 2.05) is 52.0 Å². The molecule has 0 unspecified atom stereocenters. The van der Waals surface area contributed by atoms with E-state index in [0.29, 0.717) is 16.8 Å². The molecule has 4 nitrogen and oxygen atoms in total. The lowest BCUT2D eigenvalue weighted by atomic mass is 10.1. The third kappa shape index (κ3) is 3.16. The molecule has 3 aromatic rings. The molecule has 4 N–H and O–H groups in total. The van der Waals surface area contributed by atoms with Crippen LogP contribution in [0, 0.1) is 0 Å². The van der Waals surface area contributed by atoms with Crippen molar-refractivity contribution in [2.75, 3.05) is 5.73 Å². The topological polar surface area (TPSA) is 82.2 Å². The van der Waals surface area contributed by atoms with Gasteiger partial charge in [-0.25, -0.2) is 0 Å². The summed E-state index contributed by atoms with van der Waals surface area (Å²) in [6.07, 6.45) is 0. The fraction of sp³-hybridized carbons (Fsp3) is 0.235. The minimum Gasteiger partial charge on any atom is -0.456 e. The van der Waals surface area contributed by atoms with E-state index in [-0.39, 0.29) is 0 Å². The van der Waals surface area contributed by atoms with E-state index in [1.54, 1.807) is 12.1 Å². The van der Waals surface area contributed by atoms with Crippen LogP contribution in [0.25, 0.3) is 21.9 Å². The summed E-state index contributed by atoms with van der Waals surface area (Å²) in [4.78, 5) is 11.2. The van der Waals surface area contributed by atoms with Crippen molar-refractivity contribution >= 4 is 33.5 Å². The molecule has 0 spiro atoms. The Balaban J connectivity index is 0.000000510. The van der Waals surface area contributed by atoms with E-state index >= 15 is 0 Å². The number of fused-ring (bicyclic) bond motifs is 3. The Hall–Kier alpha value is -2.49. The van der Waals surface area contributed by atoms with Crippen molar-refractivity contribution in [3.8, 4) is 0 Å². The maximum atomic E-state index is 11.2. The third-order valence-electron chi connectivity index (χ3n) is 2.81. The fourth-order valence-electron chi connectivity index (χ4n) is 2.00. The number of nitrogens with two attached hydrogens (primary N) is 2. The Kier molecular flexibility index (Phi) is 5.79. The highest BCUT2D eigenvalue weighted by molar-refractivity contribution is 6.10. The van der Waals surface area contributed by atoms with Crippen LogP contribution in [0.15, 0.2) is 40.8 Å². The van der Waals surface area contributed by atoms with Gasteiger partial charge in [-0.15, -0.1) is 0 Å². The van der Waals surface area contributed by atoms with Gasteiger partial charge in [-0.1, -0.05) is 45.9 Å². The summed E-state index contributed by atoms with van der Waals surface area (Å²) in [6, 6.07) is 10.9. The van der Waals surface area contributed by atoms with Crippen LogP contribution in [0.4, 0.5) is 5.69 Å². The number of carbonyl (C=O) groups excluding carboxylic acids is 1. The first-order chi connectivity index (χ1) is 10.2. The van der Waals surface area contributed by atoms with Crippen LogP contribution in [0.2, 0.25) is 0 Å². The molecule has 0 fully saturated rings. The smallest absolute Gasteiger partial charge is 0.250 e. The molecule has 0 aliphatic heterocycles. The summed E-state index contributed by atoms with van der Waals surface area (Å²) < 4.78 is 5.64.